The first-order valence-corrected chi connectivity index (χ1v) is 5.89. The lowest BCUT2D eigenvalue weighted by atomic mass is 10.2. The van der Waals surface area contributed by atoms with Gasteiger partial charge < -0.3 is 19.9 Å². The lowest BCUT2D eigenvalue weighted by Gasteiger charge is -2.12. The van der Waals surface area contributed by atoms with Crippen LogP contribution in [0.3, 0.4) is 0 Å². The fraction of sp³-hybridized carbons (Fsp3) is 0.538. The zero-order chi connectivity index (χ0) is 12.5. The molecule has 0 amide bonds. The van der Waals surface area contributed by atoms with Gasteiger partial charge >= 0.3 is 0 Å². The van der Waals surface area contributed by atoms with Gasteiger partial charge in [-0.15, -0.1) is 0 Å². The van der Waals surface area contributed by atoms with E-state index in [9.17, 15) is 0 Å². The second-order valence-corrected chi connectivity index (χ2v) is 3.65. The van der Waals surface area contributed by atoms with Gasteiger partial charge in [-0.2, -0.15) is 0 Å². The Kier molecular flexibility index (Phi) is 6.43. The molecule has 17 heavy (non-hydrogen) atoms. The SMILES string of the molecule is CCCOCCOc1cc(CN)ccc1OC. The van der Waals surface area contributed by atoms with Crippen molar-refractivity contribution >= 4 is 0 Å². The molecule has 1 aromatic rings. The maximum absolute atomic E-state index is 5.61. The molecule has 0 aliphatic rings. The Balaban J connectivity index is 2.49. The summed E-state index contributed by atoms with van der Waals surface area (Å²) < 4.78 is 16.2. The van der Waals surface area contributed by atoms with Gasteiger partial charge in [0, 0.05) is 13.2 Å². The van der Waals surface area contributed by atoms with Crippen LogP contribution >= 0.6 is 0 Å². The molecule has 0 unspecified atom stereocenters. The van der Waals surface area contributed by atoms with Crippen LogP contribution in [0.4, 0.5) is 0 Å². The maximum atomic E-state index is 5.61. The van der Waals surface area contributed by atoms with E-state index in [0.29, 0.717) is 19.8 Å². The van der Waals surface area contributed by atoms with E-state index >= 15 is 0 Å². The fourth-order valence-corrected chi connectivity index (χ4v) is 1.42. The Morgan fingerprint density at radius 1 is 1.12 bits per heavy atom. The van der Waals surface area contributed by atoms with Gasteiger partial charge in [-0.25, -0.2) is 0 Å². The summed E-state index contributed by atoms with van der Waals surface area (Å²) >= 11 is 0. The average Bonchev–Trinajstić information content (AvgIpc) is 2.38. The third kappa shape index (κ3) is 4.63. The molecule has 0 bridgehead atoms. The van der Waals surface area contributed by atoms with E-state index < -0.39 is 0 Å². The van der Waals surface area contributed by atoms with E-state index in [1.54, 1.807) is 7.11 Å². The van der Waals surface area contributed by atoms with Gasteiger partial charge in [0.1, 0.15) is 6.61 Å². The zero-order valence-corrected chi connectivity index (χ0v) is 10.6. The fourth-order valence-electron chi connectivity index (χ4n) is 1.42. The highest BCUT2D eigenvalue weighted by Gasteiger charge is 2.04. The van der Waals surface area contributed by atoms with Crippen molar-refractivity contribution < 1.29 is 14.2 Å². The predicted molar refractivity (Wildman–Crippen MR) is 67.5 cm³/mol. The number of hydrogen-bond donors (Lipinski definition) is 1. The standard InChI is InChI=1S/C13H21NO3/c1-3-6-16-7-8-17-13-9-11(10-14)4-5-12(13)15-2/h4-5,9H,3,6-8,10,14H2,1-2H3. The second kappa shape index (κ2) is 7.92. The van der Waals surface area contributed by atoms with Gasteiger partial charge in [-0.05, 0) is 24.1 Å². The van der Waals surface area contributed by atoms with Crippen molar-refractivity contribution in [2.24, 2.45) is 5.73 Å². The average molecular weight is 239 g/mol. The first kappa shape index (κ1) is 13.8. The highest BCUT2D eigenvalue weighted by Crippen LogP contribution is 2.27. The molecule has 0 aliphatic heterocycles. The molecule has 0 radical (unpaired) electrons. The smallest absolute Gasteiger partial charge is 0.161 e. The van der Waals surface area contributed by atoms with Crippen LogP contribution in [-0.4, -0.2) is 26.9 Å². The summed E-state index contributed by atoms with van der Waals surface area (Å²) in [6, 6.07) is 5.70. The van der Waals surface area contributed by atoms with Crippen LogP contribution in [0.25, 0.3) is 0 Å². The molecular formula is C13H21NO3. The lowest BCUT2D eigenvalue weighted by molar-refractivity contribution is 0.0995. The van der Waals surface area contributed by atoms with Crippen LogP contribution in [-0.2, 0) is 11.3 Å². The van der Waals surface area contributed by atoms with E-state index in [1.165, 1.54) is 0 Å². The van der Waals surface area contributed by atoms with E-state index in [-0.39, 0.29) is 0 Å². The molecule has 4 nitrogen and oxygen atoms in total. The molecule has 0 aliphatic carbocycles. The third-order valence-corrected chi connectivity index (χ3v) is 2.30. The number of hydrogen-bond acceptors (Lipinski definition) is 4. The van der Waals surface area contributed by atoms with E-state index in [1.807, 2.05) is 18.2 Å². The Bertz CT molecular complexity index is 328. The quantitative estimate of drug-likeness (QED) is 0.705. The molecule has 1 rings (SSSR count). The summed E-state index contributed by atoms with van der Waals surface area (Å²) in [4.78, 5) is 0. The Morgan fingerprint density at radius 2 is 1.94 bits per heavy atom. The Hall–Kier alpha value is -1.26. The summed E-state index contributed by atoms with van der Waals surface area (Å²) in [5.41, 5.74) is 6.61. The highest BCUT2D eigenvalue weighted by molar-refractivity contribution is 5.42. The minimum Gasteiger partial charge on any atom is -0.493 e. The minimum atomic E-state index is 0.493. The summed E-state index contributed by atoms with van der Waals surface area (Å²) in [5.74, 6) is 1.44. The Labute approximate surface area is 103 Å². The Morgan fingerprint density at radius 3 is 2.59 bits per heavy atom. The number of nitrogens with two attached hydrogens (primary N) is 1. The van der Waals surface area contributed by atoms with Crippen LogP contribution in [0.15, 0.2) is 18.2 Å². The molecule has 0 atom stereocenters. The topological polar surface area (TPSA) is 53.7 Å². The third-order valence-electron chi connectivity index (χ3n) is 2.30. The number of methoxy groups -OCH3 is 1. The van der Waals surface area contributed by atoms with Crippen molar-refractivity contribution in [3.8, 4) is 11.5 Å². The van der Waals surface area contributed by atoms with Crippen molar-refractivity contribution in [3.05, 3.63) is 23.8 Å². The van der Waals surface area contributed by atoms with Crippen molar-refractivity contribution in [2.75, 3.05) is 26.9 Å². The van der Waals surface area contributed by atoms with Crippen molar-refractivity contribution in [1.29, 1.82) is 0 Å². The normalized spacial score (nSPS) is 10.3. The predicted octanol–water partition coefficient (Wildman–Crippen LogP) is 1.96. The molecule has 2 N–H and O–H groups in total. The highest BCUT2D eigenvalue weighted by atomic mass is 16.5. The van der Waals surface area contributed by atoms with Crippen molar-refractivity contribution in [3.63, 3.8) is 0 Å². The molecule has 0 heterocycles. The summed E-state index contributed by atoms with van der Waals surface area (Å²) in [5, 5.41) is 0. The van der Waals surface area contributed by atoms with Crippen molar-refractivity contribution in [2.45, 2.75) is 19.9 Å². The van der Waals surface area contributed by atoms with Gasteiger partial charge in [-0.1, -0.05) is 13.0 Å². The van der Waals surface area contributed by atoms with Crippen molar-refractivity contribution in [1.82, 2.24) is 0 Å². The van der Waals surface area contributed by atoms with Crippen LogP contribution in [0, 0.1) is 0 Å². The molecule has 96 valence electrons. The second-order valence-electron chi connectivity index (χ2n) is 3.65. The lowest BCUT2D eigenvalue weighted by Crippen LogP contribution is -2.08. The zero-order valence-electron chi connectivity index (χ0n) is 10.6. The number of benzene rings is 1. The number of rotatable bonds is 8. The molecule has 0 fully saturated rings. The van der Waals surface area contributed by atoms with Crippen LogP contribution in [0.5, 0.6) is 11.5 Å². The minimum absolute atomic E-state index is 0.493. The van der Waals surface area contributed by atoms with Gasteiger partial charge in [0.25, 0.3) is 0 Å². The van der Waals surface area contributed by atoms with E-state index in [4.69, 9.17) is 19.9 Å². The molecule has 4 heteroatoms. The molecule has 0 saturated heterocycles. The van der Waals surface area contributed by atoms with Crippen LogP contribution in [0.1, 0.15) is 18.9 Å². The van der Waals surface area contributed by atoms with Crippen LogP contribution in [0.2, 0.25) is 0 Å². The molecule has 0 spiro atoms. The van der Waals surface area contributed by atoms with Gasteiger partial charge in [-0.3, -0.25) is 0 Å². The first-order valence-electron chi connectivity index (χ1n) is 5.89. The summed E-state index contributed by atoms with van der Waals surface area (Å²) in [6.45, 7) is 4.44. The molecular weight excluding hydrogens is 218 g/mol. The largest absolute Gasteiger partial charge is 0.493 e. The molecule has 0 saturated carbocycles. The molecule has 1 aromatic carbocycles. The number of ether oxygens (including phenoxy) is 3. The van der Waals surface area contributed by atoms with Gasteiger partial charge in [0.15, 0.2) is 11.5 Å². The van der Waals surface area contributed by atoms with Gasteiger partial charge in [0.05, 0.1) is 13.7 Å². The maximum Gasteiger partial charge on any atom is 0.161 e. The first-order chi connectivity index (χ1) is 8.31. The van der Waals surface area contributed by atoms with E-state index in [2.05, 4.69) is 6.92 Å². The monoisotopic (exact) mass is 239 g/mol. The van der Waals surface area contributed by atoms with Gasteiger partial charge in [0.2, 0.25) is 0 Å². The van der Waals surface area contributed by atoms with E-state index in [0.717, 1.165) is 30.1 Å². The summed E-state index contributed by atoms with van der Waals surface area (Å²) in [7, 11) is 1.62. The molecule has 0 aromatic heterocycles. The van der Waals surface area contributed by atoms with Crippen LogP contribution < -0.4 is 15.2 Å². The summed E-state index contributed by atoms with van der Waals surface area (Å²) in [6.07, 6.45) is 1.02.